The molecule has 0 aromatic rings. The van der Waals surface area contributed by atoms with Crippen molar-refractivity contribution in [2.45, 2.75) is 42.9 Å². The van der Waals surface area contributed by atoms with Crippen molar-refractivity contribution in [2.24, 2.45) is 0 Å². The van der Waals surface area contributed by atoms with Gasteiger partial charge in [-0.05, 0) is 0 Å². The summed E-state index contributed by atoms with van der Waals surface area (Å²) in [5, 5.41) is 47.1. The molecule has 0 fully saturated rings. The molecule has 4 unspecified atom stereocenters. The second-order valence-electron chi connectivity index (χ2n) is 9.51. The number of rotatable bonds is 34. The Morgan fingerprint density at radius 2 is 0.830 bits per heavy atom. The zero-order valence-corrected chi connectivity index (χ0v) is 25.7. The molecule has 0 aromatic heterocycles. The van der Waals surface area contributed by atoms with Gasteiger partial charge in [0.1, 0.15) is 37.6 Å². The molecule has 0 aromatic carbocycles. The van der Waals surface area contributed by atoms with Gasteiger partial charge in [0.25, 0.3) is 0 Å². The Labute approximate surface area is 267 Å². The van der Waals surface area contributed by atoms with E-state index in [9.17, 15) is 46.8 Å². The number of ether oxygens (including phenoxy) is 10. The van der Waals surface area contributed by atoms with Crippen molar-refractivity contribution in [3.8, 4) is 0 Å². The van der Waals surface area contributed by atoms with Crippen molar-refractivity contribution in [3.63, 3.8) is 0 Å². The van der Waals surface area contributed by atoms with Gasteiger partial charge in [0, 0.05) is 0 Å². The fourth-order valence-corrected chi connectivity index (χ4v) is 2.93. The zero-order chi connectivity index (χ0) is 35.6. The summed E-state index contributed by atoms with van der Waals surface area (Å²) < 4.78 is 127. The number of hydrogen-bond donors (Lipinski definition) is 5. The first kappa shape index (κ1) is 45.7. The van der Waals surface area contributed by atoms with Gasteiger partial charge in [0.2, 0.25) is 0 Å². The molecule has 0 bridgehead atoms. The Morgan fingerprint density at radius 3 is 1.26 bits per heavy atom. The molecule has 0 aliphatic rings. The highest BCUT2D eigenvalue weighted by Crippen LogP contribution is 2.33. The molecule has 21 heteroatoms. The van der Waals surface area contributed by atoms with E-state index < -0.39 is 76.0 Å². The first-order valence-corrected chi connectivity index (χ1v) is 14.2. The maximum Gasteiger partial charge on any atom is 0.495 e. The molecule has 282 valence electrons. The van der Waals surface area contributed by atoms with Crippen LogP contribution in [-0.4, -0.2) is 181 Å². The molecule has 15 nitrogen and oxygen atoms in total. The first-order valence-electron chi connectivity index (χ1n) is 14.2. The SMILES string of the molecule is C=CCOCCOCC(O)COCC(O)COCCOCC(F)(F)OC(F)(F)OC(F)(F)COCC(O)COCC(O)COCCO. The number of alkyl halides is 6. The average Bonchev–Trinajstić information content (AvgIpc) is 2.95. The predicted octanol–water partition coefficient (Wildman–Crippen LogP) is -0.490. The summed E-state index contributed by atoms with van der Waals surface area (Å²) in [6, 6.07) is 0. The number of hydrogen-bond acceptors (Lipinski definition) is 15. The van der Waals surface area contributed by atoms with Gasteiger partial charge < -0.3 is 63.4 Å². The highest BCUT2D eigenvalue weighted by atomic mass is 19.3. The molecule has 0 aliphatic carbocycles. The van der Waals surface area contributed by atoms with Gasteiger partial charge in [-0.1, -0.05) is 6.08 Å². The Hall–Kier alpha value is -1.28. The fourth-order valence-electron chi connectivity index (χ4n) is 2.93. The van der Waals surface area contributed by atoms with Crippen molar-refractivity contribution in [1.82, 2.24) is 0 Å². The summed E-state index contributed by atoms with van der Waals surface area (Å²) in [5.41, 5.74) is 0. The molecule has 0 spiro atoms. The topological polar surface area (TPSA) is 193 Å². The molecular weight excluding hydrogens is 666 g/mol. The van der Waals surface area contributed by atoms with E-state index in [4.69, 9.17) is 33.5 Å². The Kier molecular flexibility index (Phi) is 25.8. The van der Waals surface area contributed by atoms with Crippen molar-refractivity contribution in [3.05, 3.63) is 12.7 Å². The predicted molar refractivity (Wildman–Crippen MR) is 145 cm³/mol. The van der Waals surface area contributed by atoms with E-state index in [1.54, 1.807) is 6.08 Å². The van der Waals surface area contributed by atoms with Crippen LogP contribution in [-0.2, 0) is 47.4 Å². The van der Waals surface area contributed by atoms with Crippen LogP contribution in [0.4, 0.5) is 26.3 Å². The van der Waals surface area contributed by atoms with Crippen LogP contribution in [0.15, 0.2) is 12.7 Å². The summed E-state index contributed by atoms with van der Waals surface area (Å²) in [6.07, 6.45) is -18.3. The van der Waals surface area contributed by atoms with Crippen molar-refractivity contribution in [1.29, 1.82) is 0 Å². The van der Waals surface area contributed by atoms with Crippen LogP contribution >= 0.6 is 0 Å². The van der Waals surface area contributed by atoms with Crippen LogP contribution in [0, 0.1) is 0 Å². The Morgan fingerprint density at radius 1 is 0.489 bits per heavy atom. The minimum atomic E-state index is -5.49. The molecule has 0 heterocycles. The smallest absolute Gasteiger partial charge is 0.394 e. The molecule has 47 heavy (non-hydrogen) atoms. The lowest BCUT2D eigenvalue weighted by Gasteiger charge is -2.26. The van der Waals surface area contributed by atoms with Crippen LogP contribution in [0.5, 0.6) is 0 Å². The van der Waals surface area contributed by atoms with E-state index in [0.29, 0.717) is 13.2 Å². The Bertz CT molecular complexity index is 760. The van der Waals surface area contributed by atoms with E-state index in [1.807, 2.05) is 0 Å². The van der Waals surface area contributed by atoms with Gasteiger partial charge in [-0.25, -0.2) is 9.47 Å². The maximum atomic E-state index is 13.7. The van der Waals surface area contributed by atoms with Crippen LogP contribution in [0.1, 0.15) is 0 Å². The summed E-state index contributed by atoms with van der Waals surface area (Å²) >= 11 is 0. The quantitative estimate of drug-likeness (QED) is 0.0248. The van der Waals surface area contributed by atoms with E-state index in [0.717, 1.165) is 0 Å². The second kappa shape index (κ2) is 26.6. The van der Waals surface area contributed by atoms with Gasteiger partial charge in [-0.2, -0.15) is 17.6 Å². The zero-order valence-electron chi connectivity index (χ0n) is 25.7. The molecule has 0 aliphatic heterocycles. The molecule has 0 amide bonds. The molecule has 0 radical (unpaired) electrons. The molecule has 4 atom stereocenters. The Balaban J connectivity index is 4.08. The molecule has 0 saturated heterocycles. The van der Waals surface area contributed by atoms with Crippen LogP contribution in [0.2, 0.25) is 0 Å². The summed E-state index contributed by atoms with van der Waals surface area (Å²) in [5.74, 6) is 0. The molecule has 5 N–H and O–H groups in total. The first-order chi connectivity index (χ1) is 22.1. The third kappa shape index (κ3) is 29.4. The van der Waals surface area contributed by atoms with E-state index in [-0.39, 0.29) is 66.1 Å². The van der Waals surface area contributed by atoms with Crippen molar-refractivity contribution >= 4 is 0 Å². The minimum absolute atomic E-state index is 0.0274. The normalized spacial score (nSPS) is 15.5. The summed E-state index contributed by atoms with van der Waals surface area (Å²) in [7, 11) is 0. The molecular formula is C26H46F6O15. The van der Waals surface area contributed by atoms with Crippen LogP contribution in [0.25, 0.3) is 0 Å². The fraction of sp³-hybridized carbons (Fsp3) is 0.923. The molecule has 0 rings (SSSR count). The van der Waals surface area contributed by atoms with E-state index in [1.165, 1.54) is 0 Å². The summed E-state index contributed by atoms with van der Waals surface area (Å²) in [6.45, 7) is -3.18. The number of halogens is 6. The largest absolute Gasteiger partial charge is 0.495 e. The van der Waals surface area contributed by atoms with Gasteiger partial charge in [-0.3, -0.25) is 0 Å². The van der Waals surface area contributed by atoms with Gasteiger partial charge >= 0.3 is 18.5 Å². The monoisotopic (exact) mass is 712 g/mol. The van der Waals surface area contributed by atoms with Crippen LogP contribution in [0.3, 0.4) is 0 Å². The minimum Gasteiger partial charge on any atom is -0.394 e. The van der Waals surface area contributed by atoms with Crippen molar-refractivity contribution < 1.29 is 99.2 Å². The van der Waals surface area contributed by atoms with E-state index >= 15 is 0 Å². The third-order valence-corrected chi connectivity index (χ3v) is 4.77. The lowest BCUT2D eigenvalue weighted by Crippen LogP contribution is -2.44. The lowest BCUT2D eigenvalue weighted by molar-refractivity contribution is -0.518. The van der Waals surface area contributed by atoms with Gasteiger partial charge in [0.15, 0.2) is 0 Å². The van der Waals surface area contributed by atoms with Crippen molar-refractivity contribution in [2.75, 3.05) is 112 Å². The third-order valence-electron chi connectivity index (χ3n) is 4.77. The second-order valence-corrected chi connectivity index (χ2v) is 9.51. The van der Waals surface area contributed by atoms with E-state index in [2.05, 4.69) is 25.5 Å². The maximum absolute atomic E-state index is 13.7. The van der Waals surface area contributed by atoms with Gasteiger partial charge in [0.05, 0.1) is 99.1 Å². The number of aliphatic hydroxyl groups is 5. The number of aliphatic hydroxyl groups excluding tert-OH is 5. The van der Waals surface area contributed by atoms with Crippen LogP contribution < -0.4 is 0 Å². The highest BCUT2D eigenvalue weighted by molar-refractivity contribution is 4.63. The van der Waals surface area contributed by atoms with Gasteiger partial charge in [-0.15, -0.1) is 15.4 Å². The lowest BCUT2D eigenvalue weighted by atomic mass is 10.4. The molecule has 0 saturated carbocycles. The summed E-state index contributed by atoms with van der Waals surface area (Å²) in [4.78, 5) is 0. The highest BCUT2D eigenvalue weighted by Gasteiger charge is 2.52. The average molecular weight is 713 g/mol. The standard InChI is InChI=1S/C26H46F6O15/c1-2-4-38-6-7-40-11-21(35)14-43-15-22(36)12-41-8-9-42-18-24(27,28)46-26(31,32)47-25(29,30)19-45-17-23(37)16-44-13-20(34)10-39-5-3-33/h2,20-23,33-37H,1,3-19H2.